The van der Waals surface area contributed by atoms with Crippen LogP contribution >= 0.6 is 7.82 Å². The van der Waals surface area contributed by atoms with Gasteiger partial charge in [0.15, 0.2) is 0 Å². The molecule has 1 aromatic rings. The van der Waals surface area contributed by atoms with Gasteiger partial charge in [-0.25, -0.2) is 0 Å². The van der Waals surface area contributed by atoms with Crippen LogP contribution in [0.15, 0.2) is 24.3 Å². The second-order valence-electron chi connectivity index (χ2n) is 5.05. The maximum absolute atomic E-state index is 10.5. The van der Waals surface area contributed by atoms with Crippen molar-refractivity contribution in [2.45, 2.75) is 58.3 Å². The number of unbranched alkanes of at least 4 members (excludes halogenated alkanes) is 6. The van der Waals surface area contributed by atoms with Crippen LogP contribution in [0.1, 0.15) is 57.4 Å². The van der Waals surface area contributed by atoms with Crippen molar-refractivity contribution in [3.8, 4) is 5.75 Å². The van der Waals surface area contributed by atoms with Gasteiger partial charge in [-0.1, -0.05) is 57.6 Å². The van der Waals surface area contributed by atoms with Gasteiger partial charge in [0.25, 0.3) is 0 Å². The van der Waals surface area contributed by atoms with Crippen molar-refractivity contribution in [2.75, 3.05) is 0 Å². The predicted molar refractivity (Wildman–Crippen MR) is 76.4 cm³/mol. The quantitative estimate of drug-likeness (QED) is 0.476. The van der Waals surface area contributed by atoms with Gasteiger partial charge in [0.2, 0.25) is 0 Å². The van der Waals surface area contributed by atoms with E-state index < -0.39 is 7.82 Å². The van der Waals surface area contributed by atoms with Gasteiger partial charge in [0.05, 0.1) is 0 Å². The molecule has 0 fully saturated rings. The molecule has 0 saturated heterocycles. The summed E-state index contributed by atoms with van der Waals surface area (Å²) in [5, 5.41) is 0. The topological polar surface area (TPSA) is 72.4 Å². The first-order valence-electron chi connectivity index (χ1n) is 7.32. The van der Waals surface area contributed by atoms with Crippen LogP contribution in [0.3, 0.4) is 0 Å². The molecule has 0 aliphatic heterocycles. The van der Waals surface area contributed by atoms with Crippen LogP contribution in [0.25, 0.3) is 0 Å². The Hall–Kier alpha value is -0.324. The maximum atomic E-state index is 10.5. The van der Waals surface area contributed by atoms with E-state index in [0.29, 0.717) is 0 Å². The summed E-state index contributed by atoms with van der Waals surface area (Å²) in [5.41, 5.74) is 1.14. The van der Waals surface area contributed by atoms with Crippen LogP contribution in [0.2, 0.25) is 0 Å². The van der Waals surface area contributed by atoms with Crippen LogP contribution in [0.4, 0.5) is 0 Å². The van der Waals surface area contributed by atoms with Gasteiger partial charge in [0, 0.05) is 0 Å². The molecule has 1 radical (unpaired) electrons. The molecule has 21 heavy (non-hydrogen) atoms. The third kappa shape index (κ3) is 11.0. The van der Waals surface area contributed by atoms with Crippen molar-refractivity contribution in [3.05, 3.63) is 29.8 Å². The summed E-state index contributed by atoms with van der Waals surface area (Å²) in [6.45, 7) is 2.21. The van der Waals surface area contributed by atoms with Crippen LogP contribution in [0, 0.1) is 0 Å². The van der Waals surface area contributed by atoms with Crippen molar-refractivity contribution in [1.29, 1.82) is 0 Å². The summed E-state index contributed by atoms with van der Waals surface area (Å²) in [4.78, 5) is 20.9. The first kappa shape index (κ1) is 20.7. The molecule has 0 atom stereocenters. The fraction of sp³-hybridized carbons (Fsp3) is 0.600. The van der Waals surface area contributed by atoms with E-state index in [-0.39, 0.29) is 22.5 Å². The standard InChI is InChI=1S/C15H25O4P.Co/c1-2-3-4-5-6-7-8-9-14-10-12-15(13-11-14)19-20(16,17)18;/h10-13H,2-9H2,1H3,(H2,16,17,18);/q;+2/p-2. The molecule has 0 heterocycles. The molecule has 4 nitrogen and oxygen atoms in total. The summed E-state index contributed by atoms with van der Waals surface area (Å²) in [7, 11) is -4.94. The molecular weight excluding hydrogens is 334 g/mol. The van der Waals surface area contributed by atoms with E-state index in [1.165, 1.54) is 50.7 Å². The zero-order valence-electron chi connectivity index (χ0n) is 12.4. The Balaban J connectivity index is 0.00000400. The van der Waals surface area contributed by atoms with Gasteiger partial charge in [-0.15, -0.1) is 0 Å². The molecule has 0 N–H and O–H groups in total. The first-order valence-corrected chi connectivity index (χ1v) is 8.78. The van der Waals surface area contributed by atoms with Crippen LogP contribution in [-0.4, -0.2) is 0 Å². The van der Waals surface area contributed by atoms with Crippen LogP contribution < -0.4 is 14.3 Å². The molecular formula is C15H23CoO4P. The second-order valence-corrected chi connectivity index (χ2v) is 6.13. The molecule has 6 heteroatoms. The molecule has 0 aliphatic rings. The van der Waals surface area contributed by atoms with Crippen molar-refractivity contribution >= 4 is 7.82 Å². The van der Waals surface area contributed by atoms with Gasteiger partial charge in [-0.05, 0) is 30.5 Å². The molecule has 1 rings (SSSR count). The zero-order valence-corrected chi connectivity index (χ0v) is 14.3. The molecule has 0 amide bonds. The Morgan fingerprint density at radius 1 is 0.952 bits per heavy atom. The van der Waals surface area contributed by atoms with E-state index in [9.17, 15) is 14.4 Å². The van der Waals surface area contributed by atoms with E-state index >= 15 is 0 Å². The molecule has 0 aliphatic carbocycles. The average molecular weight is 357 g/mol. The predicted octanol–water partition coefficient (Wildman–Crippen LogP) is 3.18. The number of phosphoric acid groups is 1. The Kier molecular flexibility index (Phi) is 11.1. The largest absolute Gasteiger partial charge is 2.00 e. The molecule has 0 spiro atoms. The fourth-order valence-corrected chi connectivity index (χ4v) is 2.51. The fourth-order valence-electron chi connectivity index (χ4n) is 2.13. The number of benzene rings is 1. The van der Waals surface area contributed by atoms with Gasteiger partial charge < -0.3 is 18.9 Å². The average Bonchev–Trinajstić information content (AvgIpc) is 2.38. The molecule has 0 saturated carbocycles. The summed E-state index contributed by atoms with van der Waals surface area (Å²) in [5.74, 6) is 0.0849. The minimum atomic E-state index is -4.94. The van der Waals surface area contributed by atoms with Crippen molar-refractivity contribution in [1.82, 2.24) is 0 Å². The summed E-state index contributed by atoms with van der Waals surface area (Å²) >= 11 is 0. The van der Waals surface area contributed by atoms with E-state index in [0.717, 1.165) is 18.4 Å². The number of aryl methyl sites for hydroxylation is 1. The third-order valence-corrected chi connectivity index (χ3v) is 3.64. The first-order chi connectivity index (χ1) is 9.51. The summed E-state index contributed by atoms with van der Waals surface area (Å²) in [6, 6.07) is 6.67. The zero-order chi connectivity index (χ0) is 14.8. The Morgan fingerprint density at radius 2 is 1.48 bits per heavy atom. The van der Waals surface area contributed by atoms with Gasteiger partial charge in [-0.3, -0.25) is 0 Å². The summed E-state index contributed by atoms with van der Waals surface area (Å²) in [6.07, 6.45) is 9.83. The molecule has 0 bridgehead atoms. The number of hydrogen-bond donors (Lipinski definition) is 0. The number of phosphoric ester groups is 1. The van der Waals surface area contributed by atoms with E-state index in [2.05, 4.69) is 11.4 Å². The van der Waals surface area contributed by atoms with E-state index in [1.807, 2.05) is 12.1 Å². The number of rotatable bonds is 10. The summed E-state index contributed by atoms with van der Waals surface area (Å²) < 4.78 is 14.7. The molecule has 1 aromatic carbocycles. The Morgan fingerprint density at radius 3 is 2.00 bits per heavy atom. The molecule has 121 valence electrons. The number of hydrogen-bond acceptors (Lipinski definition) is 4. The van der Waals surface area contributed by atoms with Gasteiger partial charge in [-0.2, -0.15) is 0 Å². The molecule has 0 aromatic heterocycles. The SMILES string of the molecule is CCCCCCCCCc1ccc(OP(=O)([O-])[O-])cc1.[Co+2]. The smallest absolute Gasteiger partial charge is 0.780 e. The van der Waals surface area contributed by atoms with Gasteiger partial charge >= 0.3 is 16.8 Å². The molecule has 0 unspecified atom stereocenters. The van der Waals surface area contributed by atoms with Crippen molar-refractivity contribution in [3.63, 3.8) is 0 Å². The normalized spacial score (nSPS) is 11.0. The minimum absolute atomic E-state index is 0. The Bertz CT molecular complexity index is 416. The van der Waals surface area contributed by atoms with Crippen LogP contribution in [0.5, 0.6) is 5.75 Å². The second kappa shape index (κ2) is 11.3. The van der Waals surface area contributed by atoms with E-state index in [4.69, 9.17) is 0 Å². The monoisotopic (exact) mass is 357 g/mol. The minimum Gasteiger partial charge on any atom is -0.780 e. The third-order valence-electron chi connectivity index (χ3n) is 3.21. The van der Waals surface area contributed by atoms with Crippen LogP contribution in [-0.2, 0) is 27.8 Å². The van der Waals surface area contributed by atoms with Gasteiger partial charge in [0.1, 0.15) is 13.6 Å². The van der Waals surface area contributed by atoms with E-state index in [1.54, 1.807) is 0 Å². The maximum Gasteiger partial charge on any atom is 2.00 e. The van der Waals surface area contributed by atoms with Crippen molar-refractivity contribution in [2.24, 2.45) is 0 Å². The van der Waals surface area contributed by atoms with Crippen molar-refractivity contribution < 1.29 is 35.7 Å². The Labute approximate surface area is 137 Å².